The third-order valence-electron chi connectivity index (χ3n) is 3.89. The lowest BCUT2D eigenvalue weighted by molar-refractivity contribution is -0.112. The van der Waals surface area contributed by atoms with Crippen LogP contribution in [-0.2, 0) is 14.3 Å². The van der Waals surface area contributed by atoms with Crippen LogP contribution in [0.3, 0.4) is 0 Å². The number of nitrogens with zero attached hydrogens (tertiary/aromatic N) is 1. The molecule has 0 atom stereocenters. The van der Waals surface area contributed by atoms with Crippen LogP contribution in [0.15, 0.2) is 48.0 Å². The number of methoxy groups -OCH3 is 3. The van der Waals surface area contributed by atoms with E-state index in [0.717, 1.165) is 0 Å². The van der Waals surface area contributed by atoms with Crippen molar-refractivity contribution in [2.75, 3.05) is 26.6 Å². The summed E-state index contributed by atoms with van der Waals surface area (Å²) in [5.74, 6) is -1.48. The van der Waals surface area contributed by atoms with E-state index in [4.69, 9.17) is 9.47 Å². The molecule has 148 valence electrons. The minimum Gasteiger partial charge on any atom is -0.497 e. The Labute approximate surface area is 167 Å². The van der Waals surface area contributed by atoms with Crippen molar-refractivity contribution in [3.63, 3.8) is 0 Å². The number of rotatable bonds is 6. The van der Waals surface area contributed by atoms with Crippen LogP contribution in [0.1, 0.15) is 26.3 Å². The standard InChI is InChI=1S/C21H18N2O6/c1-27-16-7-4-13(5-8-16)10-15(12-22)19(24)23-18-11-14(20(25)28-2)6-9-17(18)21(26)29-3/h4-11H,1-3H3,(H,23,24)/b15-10-. The van der Waals surface area contributed by atoms with Crippen LogP contribution >= 0.6 is 0 Å². The maximum atomic E-state index is 12.6. The SMILES string of the molecule is COC(=O)c1ccc(C(=O)OC)c(NC(=O)/C(C#N)=C\c2ccc(OC)cc2)c1. The molecule has 0 fully saturated rings. The lowest BCUT2D eigenvalue weighted by Crippen LogP contribution is -2.17. The van der Waals surface area contributed by atoms with Gasteiger partial charge in [-0.15, -0.1) is 0 Å². The molecule has 0 saturated heterocycles. The Morgan fingerprint density at radius 3 is 2.17 bits per heavy atom. The number of nitriles is 1. The summed E-state index contributed by atoms with van der Waals surface area (Å²) >= 11 is 0. The number of carbonyl (C=O) groups is 3. The van der Waals surface area contributed by atoms with E-state index >= 15 is 0 Å². The number of benzene rings is 2. The van der Waals surface area contributed by atoms with E-state index in [1.54, 1.807) is 24.3 Å². The van der Waals surface area contributed by atoms with Crippen LogP contribution in [-0.4, -0.2) is 39.2 Å². The fourth-order valence-corrected chi connectivity index (χ4v) is 2.39. The molecule has 0 spiro atoms. The highest BCUT2D eigenvalue weighted by molar-refractivity contribution is 6.12. The smallest absolute Gasteiger partial charge is 0.339 e. The second-order valence-corrected chi connectivity index (χ2v) is 5.64. The Bertz CT molecular complexity index is 1000. The number of hydrogen-bond donors (Lipinski definition) is 1. The first-order valence-electron chi connectivity index (χ1n) is 8.31. The Balaban J connectivity index is 2.37. The molecule has 1 N–H and O–H groups in total. The highest BCUT2D eigenvalue weighted by atomic mass is 16.5. The topological polar surface area (TPSA) is 115 Å². The number of amides is 1. The molecule has 0 bridgehead atoms. The van der Waals surface area contributed by atoms with E-state index in [-0.39, 0.29) is 22.4 Å². The van der Waals surface area contributed by atoms with Crippen LogP contribution in [0.25, 0.3) is 6.08 Å². The van der Waals surface area contributed by atoms with Crippen molar-refractivity contribution in [3.05, 3.63) is 64.7 Å². The molecule has 0 aromatic heterocycles. The fourth-order valence-electron chi connectivity index (χ4n) is 2.39. The van der Waals surface area contributed by atoms with Gasteiger partial charge < -0.3 is 19.5 Å². The molecule has 8 nitrogen and oxygen atoms in total. The number of hydrogen-bond acceptors (Lipinski definition) is 7. The third kappa shape index (κ3) is 5.20. The first-order chi connectivity index (χ1) is 13.9. The van der Waals surface area contributed by atoms with Gasteiger partial charge in [0.15, 0.2) is 0 Å². The molecule has 2 aromatic carbocycles. The van der Waals surface area contributed by atoms with Crippen molar-refractivity contribution >= 4 is 29.6 Å². The van der Waals surface area contributed by atoms with Crippen LogP contribution < -0.4 is 10.1 Å². The van der Waals surface area contributed by atoms with Gasteiger partial charge in [-0.3, -0.25) is 4.79 Å². The molecule has 0 unspecified atom stereocenters. The second kappa shape index (κ2) is 9.71. The third-order valence-corrected chi connectivity index (χ3v) is 3.89. The van der Waals surface area contributed by atoms with E-state index in [2.05, 4.69) is 10.1 Å². The molecule has 0 aliphatic rings. The van der Waals surface area contributed by atoms with Gasteiger partial charge in [-0.2, -0.15) is 5.26 Å². The highest BCUT2D eigenvalue weighted by Gasteiger charge is 2.19. The van der Waals surface area contributed by atoms with Crippen molar-refractivity contribution in [1.29, 1.82) is 5.26 Å². The van der Waals surface area contributed by atoms with Gasteiger partial charge >= 0.3 is 11.9 Å². The predicted octanol–water partition coefficient (Wildman–Crippen LogP) is 2.81. The summed E-state index contributed by atoms with van der Waals surface area (Å²) in [6, 6.07) is 12.5. The summed E-state index contributed by atoms with van der Waals surface area (Å²) < 4.78 is 14.4. The minimum absolute atomic E-state index is 0.0145. The van der Waals surface area contributed by atoms with Gasteiger partial charge in [0.2, 0.25) is 0 Å². The summed E-state index contributed by atoms with van der Waals surface area (Å²) in [5.41, 5.74) is 0.562. The Hall–Kier alpha value is -4.12. The maximum absolute atomic E-state index is 12.6. The van der Waals surface area contributed by atoms with E-state index in [1.807, 2.05) is 6.07 Å². The quantitative estimate of drug-likeness (QED) is 0.455. The number of anilines is 1. The van der Waals surface area contributed by atoms with Crippen LogP contribution in [0, 0.1) is 11.3 Å². The summed E-state index contributed by atoms with van der Waals surface area (Å²) in [6.45, 7) is 0. The van der Waals surface area contributed by atoms with Crippen LogP contribution in [0.2, 0.25) is 0 Å². The molecule has 2 rings (SSSR count). The van der Waals surface area contributed by atoms with Crippen molar-refractivity contribution in [2.45, 2.75) is 0 Å². The van der Waals surface area contributed by atoms with Crippen LogP contribution in [0.4, 0.5) is 5.69 Å². The van der Waals surface area contributed by atoms with E-state index < -0.39 is 17.8 Å². The lowest BCUT2D eigenvalue weighted by atomic mass is 10.1. The number of esters is 2. The number of ether oxygens (including phenoxy) is 3. The molecule has 29 heavy (non-hydrogen) atoms. The Morgan fingerprint density at radius 1 is 0.966 bits per heavy atom. The van der Waals surface area contributed by atoms with Crippen molar-refractivity contribution in [3.8, 4) is 11.8 Å². The predicted molar refractivity (Wildman–Crippen MR) is 104 cm³/mol. The average molecular weight is 394 g/mol. The fraction of sp³-hybridized carbons (Fsp3) is 0.143. The highest BCUT2D eigenvalue weighted by Crippen LogP contribution is 2.21. The van der Waals surface area contributed by atoms with Gasteiger partial charge in [0.1, 0.15) is 17.4 Å². The van der Waals surface area contributed by atoms with Crippen LogP contribution in [0.5, 0.6) is 5.75 Å². The van der Waals surface area contributed by atoms with E-state index in [1.165, 1.54) is 45.6 Å². The monoisotopic (exact) mass is 394 g/mol. The van der Waals surface area contributed by atoms with Gasteiger partial charge in [0.25, 0.3) is 5.91 Å². The molecule has 8 heteroatoms. The molecular weight excluding hydrogens is 376 g/mol. The second-order valence-electron chi connectivity index (χ2n) is 5.64. The zero-order valence-electron chi connectivity index (χ0n) is 16.0. The summed E-state index contributed by atoms with van der Waals surface area (Å²) in [4.78, 5) is 36.3. The minimum atomic E-state index is -0.754. The normalized spacial score (nSPS) is 10.5. The van der Waals surface area contributed by atoms with Gasteiger partial charge in [-0.05, 0) is 42.0 Å². The van der Waals surface area contributed by atoms with Crippen molar-refractivity contribution in [2.24, 2.45) is 0 Å². The molecule has 1 amide bonds. The van der Waals surface area contributed by atoms with E-state index in [0.29, 0.717) is 11.3 Å². The largest absolute Gasteiger partial charge is 0.497 e. The Morgan fingerprint density at radius 2 is 1.62 bits per heavy atom. The lowest BCUT2D eigenvalue weighted by Gasteiger charge is -2.11. The molecule has 2 aromatic rings. The van der Waals surface area contributed by atoms with Gasteiger partial charge in [0, 0.05) is 0 Å². The van der Waals surface area contributed by atoms with Crippen molar-refractivity contribution in [1.82, 2.24) is 0 Å². The maximum Gasteiger partial charge on any atom is 0.339 e. The zero-order valence-corrected chi connectivity index (χ0v) is 16.0. The molecule has 0 radical (unpaired) electrons. The molecule has 0 aliphatic heterocycles. The van der Waals surface area contributed by atoms with E-state index in [9.17, 15) is 19.6 Å². The van der Waals surface area contributed by atoms with Gasteiger partial charge in [-0.25, -0.2) is 9.59 Å². The van der Waals surface area contributed by atoms with Crippen molar-refractivity contribution < 1.29 is 28.6 Å². The molecular formula is C21H18N2O6. The summed E-state index contributed by atoms with van der Waals surface area (Å²) in [7, 11) is 3.92. The molecule has 0 saturated carbocycles. The number of carbonyl (C=O) groups excluding carboxylic acids is 3. The first kappa shape index (κ1) is 21.2. The zero-order chi connectivity index (χ0) is 21.4. The Kier molecular flexibility index (Phi) is 7.09. The molecule has 0 heterocycles. The average Bonchev–Trinajstić information content (AvgIpc) is 2.76. The summed E-state index contributed by atoms with van der Waals surface area (Å²) in [5, 5.41) is 11.8. The number of nitrogens with one attached hydrogen (secondary N) is 1. The summed E-state index contributed by atoms with van der Waals surface area (Å²) in [6.07, 6.45) is 1.39. The van der Waals surface area contributed by atoms with Gasteiger partial charge in [0.05, 0.1) is 38.1 Å². The van der Waals surface area contributed by atoms with Gasteiger partial charge in [-0.1, -0.05) is 12.1 Å². The first-order valence-corrected chi connectivity index (χ1v) is 8.31. The molecule has 0 aliphatic carbocycles.